The van der Waals surface area contributed by atoms with Crippen LogP contribution in [0.25, 0.3) is 0 Å². The zero-order valence-corrected chi connectivity index (χ0v) is 7.64. The first kappa shape index (κ1) is 10.7. The van der Waals surface area contributed by atoms with Crippen molar-refractivity contribution in [2.24, 2.45) is 0 Å². The zero-order valence-electron chi connectivity index (χ0n) is 7.64. The van der Waals surface area contributed by atoms with E-state index in [0.717, 1.165) is 25.7 Å². The normalized spacial score (nSPS) is 12.7. The van der Waals surface area contributed by atoms with Crippen LogP contribution in [0.1, 0.15) is 39.5 Å². The lowest BCUT2D eigenvalue weighted by atomic mass is 9.97. The molecule has 0 aromatic carbocycles. The maximum Gasteiger partial charge on any atom is 0.0822 e. The molecule has 0 heterocycles. The van der Waals surface area contributed by atoms with Gasteiger partial charge in [-0.2, -0.15) is 0 Å². The van der Waals surface area contributed by atoms with Crippen molar-refractivity contribution in [3.05, 3.63) is 19.1 Å². The van der Waals surface area contributed by atoms with Gasteiger partial charge in [0, 0.05) is 0 Å². The van der Waals surface area contributed by atoms with Gasteiger partial charge < -0.3 is 5.11 Å². The number of hydrogen-bond acceptors (Lipinski definition) is 1. The van der Waals surface area contributed by atoms with Gasteiger partial charge in [-0.15, -0.1) is 0 Å². The molecule has 0 unspecified atom stereocenters. The van der Waals surface area contributed by atoms with Crippen molar-refractivity contribution in [2.45, 2.75) is 45.1 Å². The van der Waals surface area contributed by atoms with Crippen LogP contribution in [0.2, 0.25) is 0 Å². The Morgan fingerprint density at radius 2 is 1.91 bits per heavy atom. The molecule has 0 atom stereocenters. The molecule has 1 heteroatoms. The van der Waals surface area contributed by atoms with Crippen molar-refractivity contribution in [1.29, 1.82) is 0 Å². The lowest BCUT2D eigenvalue weighted by Crippen LogP contribution is -2.22. The van der Waals surface area contributed by atoms with Crippen LogP contribution in [-0.2, 0) is 0 Å². The Hall–Kier alpha value is -0.300. The van der Waals surface area contributed by atoms with Crippen LogP contribution < -0.4 is 0 Å². The van der Waals surface area contributed by atoms with Crippen molar-refractivity contribution in [2.75, 3.05) is 0 Å². The van der Waals surface area contributed by atoms with E-state index in [0.29, 0.717) is 0 Å². The summed E-state index contributed by atoms with van der Waals surface area (Å²) in [6, 6.07) is 0. The third-order valence-corrected chi connectivity index (χ3v) is 2.02. The fraction of sp³-hybridized carbons (Fsp3) is 0.700. The Morgan fingerprint density at radius 1 is 1.36 bits per heavy atom. The number of allylic oxidation sites excluding steroid dienone is 1. The molecule has 0 rings (SSSR count). The molecule has 11 heavy (non-hydrogen) atoms. The van der Waals surface area contributed by atoms with E-state index < -0.39 is 5.60 Å². The highest BCUT2D eigenvalue weighted by Crippen LogP contribution is 2.16. The number of aliphatic hydroxyl groups is 1. The zero-order chi connectivity index (χ0) is 8.74. The Morgan fingerprint density at radius 3 is 2.27 bits per heavy atom. The monoisotopic (exact) mass is 155 g/mol. The molecular weight excluding hydrogens is 136 g/mol. The van der Waals surface area contributed by atoms with Crippen LogP contribution in [0, 0.1) is 6.92 Å². The quantitative estimate of drug-likeness (QED) is 0.605. The van der Waals surface area contributed by atoms with Crippen molar-refractivity contribution in [1.82, 2.24) is 0 Å². The second-order valence-electron chi connectivity index (χ2n) is 2.86. The van der Waals surface area contributed by atoms with E-state index in [2.05, 4.69) is 6.92 Å². The summed E-state index contributed by atoms with van der Waals surface area (Å²) in [6.45, 7) is 7.72. The Labute approximate surface area is 70.1 Å². The summed E-state index contributed by atoms with van der Waals surface area (Å²) in [4.78, 5) is 0. The predicted octanol–water partition coefficient (Wildman–Crippen LogP) is 2.71. The molecular formula is C10H19O. The Balaban J connectivity index is 3.85. The lowest BCUT2D eigenvalue weighted by Gasteiger charge is -2.20. The van der Waals surface area contributed by atoms with E-state index in [9.17, 15) is 5.11 Å². The predicted molar refractivity (Wildman–Crippen MR) is 49.3 cm³/mol. The van der Waals surface area contributed by atoms with Gasteiger partial charge in [-0.05, 0) is 25.7 Å². The molecule has 0 spiro atoms. The van der Waals surface area contributed by atoms with Gasteiger partial charge in [0.05, 0.1) is 5.60 Å². The lowest BCUT2D eigenvalue weighted by molar-refractivity contribution is 0.0825. The molecule has 65 valence electrons. The molecule has 1 N–H and O–H groups in total. The van der Waals surface area contributed by atoms with Gasteiger partial charge in [-0.3, -0.25) is 0 Å². The minimum absolute atomic E-state index is 0.574. The van der Waals surface area contributed by atoms with Crippen LogP contribution in [0.4, 0.5) is 0 Å². The first-order valence-corrected chi connectivity index (χ1v) is 4.38. The van der Waals surface area contributed by atoms with Gasteiger partial charge in [0.2, 0.25) is 0 Å². The first-order valence-electron chi connectivity index (χ1n) is 4.38. The van der Waals surface area contributed by atoms with Crippen LogP contribution in [0.5, 0.6) is 0 Å². The summed E-state index contributed by atoms with van der Waals surface area (Å²) in [5.41, 5.74) is -0.574. The summed E-state index contributed by atoms with van der Waals surface area (Å²) >= 11 is 0. The molecule has 0 saturated heterocycles. The number of unbranched alkanes of at least 4 members (excludes halogenated alkanes) is 1. The molecule has 0 aliphatic heterocycles. The molecule has 0 aromatic heterocycles. The summed E-state index contributed by atoms with van der Waals surface area (Å²) in [5.74, 6) is 0. The summed E-state index contributed by atoms with van der Waals surface area (Å²) in [7, 11) is 0. The summed E-state index contributed by atoms with van der Waals surface area (Å²) < 4.78 is 0. The van der Waals surface area contributed by atoms with Gasteiger partial charge in [-0.1, -0.05) is 32.9 Å². The van der Waals surface area contributed by atoms with Crippen molar-refractivity contribution in [3.8, 4) is 0 Å². The molecule has 1 radical (unpaired) electrons. The smallest absolute Gasteiger partial charge is 0.0822 e. The van der Waals surface area contributed by atoms with Gasteiger partial charge in [0.25, 0.3) is 0 Å². The minimum Gasteiger partial charge on any atom is -0.386 e. The SMILES string of the molecule is [CH2]CC/C=C/C(O)(CC)CC. The van der Waals surface area contributed by atoms with Gasteiger partial charge in [0.15, 0.2) is 0 Å². The van der Waals surface area contributed by atoms with E-state index >= 15 is 0 Å². The van der Waals surface area contributed by atoms with Crippen molar-refractivity contribution in [3.63, 3.8) is 0 Å². The standard InChI is InChI=1S/C10H19O/c1-4-7-8-9-10(11,5-2)6-3/h8-9,11H,1,4-7H2,2-3H3/b9-8+. The summed E-state index contributed by atoms with van der Waals surface area (Å²) in [5, 5.41) is 9.75. The Bertz CT molecular complexity index is 112. The molecule has 0 aliphatic rings. The van der Waals surface area contributed by atoms with Gasteiger partial charge in [0.1, 0.15) is 0 Å². The topological polar surface area (TPSA) is 20.2 Å². The van der Waals surface area contributed by atoms with Gasteiger partial charge in [-0.25, -0.2) is 0 Å². The average molecular weight is 155 g/mol. The van der Waals surface area contributed by atoms with E-state index in [-0.39, 0.29) is 0 Å². The van der Waals surface area contributed by atoms with Gasteiger partial charge >= 0.3 is 0 Å². The minimum atomic E-state index is -0.574. The van der Waals surface area contributed by atoms with Crippen LogP contribution in [-0.4, -0.2) is 10.7 Å². The molecule has 0 saturated carbocycles. The van der Waals surface area contributed by atoms with Crippen LogP contribution in [0.3, 0.4) is 0 Å². The van der Waals surface area contributed by atoms with E-state index in [1.165, 1.54) is 0 Å². The average Bonchev–Trinajstić information content (AvgIpc) is 2.05. The molecule has 0 fully saturated rings. The number of hydrogen-bond donors (Lipinski definition) is 1. The van der Waals surface area contributed by atoms with Crippen LogP contribution in [0.15, 0.2) is 12.2 Å². The fourth-order valence-corrected chi connectivity index (χ4v) is 0.906. The van der Waals surface area contributed by atoms with E-state index in [1.807, 2.05) is 26.0 Å². The van der Waals surface area contributed by atoms with E-state index in [4.69, 9.17) is 0 Å². The molecule has 0 aromatic rings. The highest BCUT2D eigenvalue weighted by Gasteiger charge is 2.16. The largest absolute Gasteiger partial charge is 0.386 e. The third kappa shape index (κ3) is 4.20. The molecule has 0 amide bonds. The molecule has 1 nitrogen and oxygen atoms in total. The second-order valence-corrected chi connectivity index (χ2v) is 2.86. The fourth-order valence-electron chi connectivity index (χ4n) is 0.906. The first-order chi connectivity index (χ1) is 5.18. The van der Waals surface area contributed by atoms with Crippen LogP contribution >= 0.6 is 0 Å². The maximum absolute atomic E-state index is 9.75. The third-order valence-electron chi connectivity index (χ3n) is 2.02. The maximum atomic E-state index is 9.75. The molecule has 0 bridgehead atoms. The number of rotatable bonds is 5. The Kier molecular flexibility index (Phi) is 5.22. The van der Waals surface area contributed by atoms with Crippen molar-refractivity contribution >= 4 is 0 Å². The van der Waals surface area contributed by atoms with Crippen molar-refractivity contribution < 1.29 is 5.11 Å². The summed E-state index contributed by atoms with van der Waals surface area (Å²) in [6.07, 6.45) is 7.36. The second kappa shape index (κ2) is 5.36. The molecule has 0 aliphatic carbocycles. The highest BCUT2D eigenvalue weighted by molar-refractivity contribution is 4.99. The van der Waals surface area contributed by atoms with E-state index in [1.54, 1.807) is 0 Å². The highest BCUT2D eigenvalue weighted by atomic mass is 16.3.